The monoisotopic (exact) mass is 136 g/mol. The smallest absolute Gasteiger partial charge is 0.00936 e. The highest BCUT2D eigenvalue weighted by Gasteiger charge is 2.18. The van der Waals surface area contributed by atoms with Crippen LogP contribution in [0, 0.1) is 18.3 Å². The van der Waals surface area contributed by atoms with E-state index < -0.39 is 0 Å². The van der Waals surface area contributed by atoms with Gasteiger partial charge in [-0.05, 0) is 38.0 Å². The summed E-state index contributed by atoms with van der Waals surface area (Å²) in [5.41, 5.74) is 1.28. The second kappa shape index (κ2) is 3.23. The lowest BCUT2D eigenvalue weighted by Gasteiger charge is -2.25. The van der Waals surface area contributed by atoms with E-state index >= 15 is 0 Å². The maximum atomic E-state index is 3.94. The van der Waals surface area contributed by atoms with Gasteiger partial charge >= 0.3 is 0 Å². The van der Waals surface area contributed by atoms with Crippen molar-refractivity contribution < 1.29 is 0 Å². The van der Waals surface area contributed by atoms with Crippen molar-refractivity contribution in [3.8, 4) is 0 Å². The van der Waals surface area contributed by atoms with E-state index in [0.717, 1.165) is 12.3 Å². The lowest BCUT2D eigenvalue weighted by Crippen LogP contribution is -2.13. The maximum Gasteiger partial charge on any atom is -0.00936 e. The Kier molecular flexibility index (Phi) is 2.53. The summed E-state index contributed by atoms with van der Waals surface area (Å²) in [6, 6.07) is 0. The Bertz CT molecular complexity index is 116. The second-order valence-corrected chi connectivity index (χ2v) is 3.49. The topological polar surface area (TPSA) is 0 Å². The molecule has 2 unspecified atom stereocenters. The van der Waals surface area contributed by atoms with E-state index in [4.69, 9.17) is 0 Å². The van der Waals surface area contributed by atoms with Crippen molar-refractivity contribution in [2.75, 3.05) is 0 Å². The van der Waals surface area contributed by atoms with Gasteiger partial charge in [-0.3, -0.25) is 0 Å². The average molecular weight is 136 g/mol. The molecular formula is C10H16. The van der Waals surface area contributed by atoms with Gasteiger partial charge in [-0.1, -0.05) is 25.5 Å². The number of hydrogen-bond acceptors (Lipinski definition) is 0. The first kappa shape index (κ1) is 7.84. The maximum absolute atomic E-state index is 3.94. The highest BCUT2D eigenvalue weighted by atomic mass is 14.2. The molecule has 0 saturated heterocycles. The highest BCUT2D eigenvalue weighted by molar-refractivity contribution is 5.04. The SMILES string of the molecule is C=C(C)C1[C]CC(C)CC1. The van der Waals surface area contributed by atoms with Crippen LogP contribution in [0.2, 0.25) is 0 Å². The van der Waals surface area contributed by atoms with Crippen molar-refractivity contribution in [2.24, 2.45) is 11.8 Å². The lowest BCUT2D eigenvalue weighted by atomic mass is 9.80. The Morgan fingerprint density at radius 2 is 2.20 bits per heavy atom. The predicted octanol–water partition coefficient (Wildman–Crippen LogP) is 3.08. The first-order chi connectivity index (χ1) is 4.70. The van der Waals surface area contributed by atoms with E-state index in [1.54, 1.807) is 0 Å². The summed E-state index contributed by atoms with van der Waals surface area (Å²) in [6.45, 7) is 8.34. The Labute approximate surface area is 64.3 Å². The standard InChI is InChI=1S/C10H16/c1-8(2)10-6-4-9(3)5-7-10/h9-10H,1,4-6H2,2-3H3. The Morgan fingerprint density at radius 1 is 1.50 bits per heavy atom. The molecular weight excluding hydrogens is 120 g/mol. The molecule has 56 valence electrons. The molecule has 1 aliphatic carbocycles. The van der Waals surface area contributed by atoms with Crippen LogP contribution in [0.3, 0.4) is 0 Å². The fourth-order valence-corrected chi connectivity index (χ4v) is 1.42. The predicted molar refractivity (Wildman–Crippen MR) is 44.6 cm³/mol. The van der Waals surface area contributed by atoms with Gasteiger partial charge in [0.05, 0.1) is 0 Å². The molecule has 1 aliphatic rings. The largest absolute Gasteiger partial charge is 0.0998 e. The summed E-state index contributed by atoms with van der Waals surface area (Å²) in [5.74, 6) is 1.45. The molecule has 1 fully saturated rings. The minimum absolute atomic E-state index is 0.594. The Balaban J connectivity index is 2.33. The zero-order chi connectivity index (χ0) is 7.56. The highest BCUT2D eigenvalue weighted by Crippen LogP contribution is 2.30. The van der Waals surface area contributed by atoms with Crippen molar-refractivity contribution >= 4 is 0 Å². The second-order valence-electron chi connectivity index (χ2n) is 3.49. The molecule has 0 spiro atoms. The van der Waals surface area contributed by atoms with Crippen molar-refractivity contribution in [1.29, 1.82) is 0 Å². The Hall–Kier alpha value is -0.260. The van der Waals surface area contributed by atoms with E-state index in [9.17, 15) is 0 Å². The van der Waals surface area contributed by atoms with Gasteiger partial charge in [0.25, 0.3) is 0 Å². The van der Waals surface area contributed by atoms with E-state index in [-0.39, 0.29) is 0 Å². The van der Waals surface area contributed by atoms with E-state index in [1.807, 2.05) is 0 Å². The summed E-state index contributed by atoms with van der Waals surface area (Å²) in [6.07, 6.45) is 7.26. The van der Waals surface area contributed by atoms with Crippen molar-refractivity contribution in [1.82, 2.24) is 0 Å². The van der Waals surface area contributed by atoms with Crippen LogP contribution in [0.4, 0.5) is 0 Å². The zero-order valence-corrected chi connectivity index (χ0v) is 6.98. The molecule has 0 heteroatoms. The summed E-state index contributed by atoms with van der Waals surface area (Å²) < 4.78 is 0. The van der Waals surface area contributed by atoms with E-state index in [2.05, 4.69) is 26.8 Å². The third-order valence-electron chi connectivity index (χ3n) is 2.26. The van der Waals surface area contributed by atoms with Crippen LogP contribution in [0.25, 0.3) is 0 Å². The number of rotatable bonds is 1. The molecule has 10 heavy (non-hydrogen) atoms. The van der Waals surface area contributed by atoms with Crippen LogP contribution in [0.1, 0.15) is 33.1 Å². The van der Waals surface area contributed by atoms with Gasteiger partial charge in [-0.25, -0.2) is 0 Å². The molecule has 0 nitrogen and oxygen atoms in total. The van der Waals surface area contributed by atoms with Crippen LogP contribution in [0.15, 0.2) is 12.2 Å². The minimum atomic E-state index is 0.594. The molecule has 2 atom stereocenters. The van der Waals surface area contributed by atoms with Gasteiger partial charge in [-0.15, -0.1) is 0 Å². The van der Waals surface area contributed by atoms with Gasteiger partial charge in [0.15, 0.2) is 0 Å². The molecule has 0 aromatic heterocycles. The normalized spacial score (nSPS) is 33.8. The molecule has 1 saturated carbocycles. The van der Waals surface area contributed by atoms with E-state index in [0.29, 0.717) is 5.92 Å². The Morgan fingerprint density at radius 3 is 2.60 bits per heavy atom. The van der Waals surface area contributed by atoms with Crippen LogP contribution in [-0.2, 0) is 0 Å². The molecule has 0 aliphatic heterocycles. The summed E-state index contributed by atoms with van der Waals surface area (Å²) in [4.78, 5) is 0. The molecule has 0 aromatic carbocycles. The fourth-order valence-electron chi connectivity index (χ4n) is 1.42. The number of hydrogen-bond donors (Lipinski definition) is 0. The van der Waals surface area contributed by atoms with Crippen LogP contribution < -0.4 is 0 Å². The van der Waals surface area contributed by atoms with Gasteiger partial charge in [0.1, 0.15) is 0 Å². The first-order valence-corrected chi connectivity index (χ1v) is 4.09. The molecule has 0 N–H and O–H groups in total. The van der Waals surface area contributed by atoms with Gasteiger partial charge in [0.2, 0.25) is 0 Å². The summed E-state index contributed by atoms with van der Waals surface area (Å²) in [7, 11) is 0. The van der Waals surface area contributed by atoms with Crippen LogP contribution >= 0.6 is 0 Å². The lowest BCUT2D eigenvalue weighted by molar-refractivity contribution is 0.392. The zero-order valence-electron chi connectivity index (χ0n) is 6.98. The third kappa shape index (κ3) is 1.86. The summed E-state index contributed by atoms with van der Waals surface area (Å²) >= 11 is 0. The molecule has 0 bridgehead atoms. The molecule has 0 aromatic rings. The van der Waals surface area contributed by atoms with Gasteiger partial charge < -0.3 is 0 Å². The quantitative estimate of drug-likeness (QED) is 0.486. The van der Waals surface area contributed by atoms with Crippen LogP contribution in [0.5, 0.6) is 0 Å². The van der Waals surface area contributed by atoms with Crippen molar-refractivity contribution in [2.45, 2.75) is 33.1 Å². The average Bonchev–Trinajstić information content (AvgIpc) is 1.88. The molecule has 0 heterocycles. The molecule has 1 rings (SSSR count). The summed E-state index contributed by atoms with van der Waals surface area (Å²) in [5, 5.41) is 0. The first-order valence-electron chi connectivity index (χ1n) is 4.09. The van der Waals surface area contributed by atoms with Crippen molar-refractivity contribution in [3.05, 3.63) is 18.6 Å². The van der Waals surface area contributed by atoms with Crippen LogP contribution in [-0.4, -0.2) is 0 Å². The van der Waals surface area contributed by atoms with Gasteiger partial charge in [0, 0.05) is 0 Å². The van der Waals surface area contributed by atoms with Crippen molar-refractivity contribution in [3.63, 3.8) is 0 Å². The molecule has 2 radical (unpaired) electrons. The van der Waals surface area contributed by atoms with Gasteiger partial charge in [-0.2, -0.15) is 0 Å². The van der Waals surface area contributed by atoms with E-state index in [1.165, 1.54) is 18.4 Å². The third-order valence-corrected chi connectivity index (χ3v) is 2.26. The fraction of sp³-hybridized carbons (Fsp3) is 0.700. The number of allylic oxidation sites excluding steroid dienone is 1. The minimum Gasteiger partial charge on any atom is -0.0998 e. The molecule has 0 amide bonds.